The van der Waals surface area contributed by atoms with Crippen LogP contribution in [0.15, 0.2) is 42.5 Å². The third-order valence-electron chi connectivity index (χ3n) is 3.15. The summed E-state index contributed by atoms with van der Waals surface area (Å²) in [5, 5.41) is 4.06. The summed E-state index contributed by atoms with van der Waals surface area (Å²) in [6.45, 7) is -0.104. The summed E-state index contributed by atoms with van der Waals surface area (Å²) in [4.78, 5) is 23.5. The maximum atomic E-state index is 11.8. The molecule has 0 saturated heterocycles. The SMILES string of the molecule is O=C(COC(=O)Cc1ccc(Cl)cc1Cl)NCc1ccccc1Cl. The van der Waals surface area contributed by atoms with E-state index in [9.17, 15) is 9.59 Å². The van der Waals surface area contributed by atoms with Gasteiger partial charge in [0.15, 0.2) is 6.61 Å². The molecule has 0 bridgehead atoms. The third-order valence-corrected chi connectivity index (χ3v) is 4.10. The Labute approximate surface area is 154 Å². The highest BCUT2D eigenvalue weighted by atomic mass is 35.5. The van der Waals surface area contributed by atoms with Crippen LogP contribution in [0, 0.1) is 0 Å². The molecule has 2 rings (SSSR count). The highest BCUT2D eigenvalue weighted by molar-refractivity contribution is 6.35. The fraction of sp³-hybridized carbons (Fsp3) is 0.176. The minimum atomic E-state index is -0.549. The molecule has 24 heavy (non-hydrogen) atoms. The van der Waals surface area contributed by atoms with Crippen molar-refractivity contribution >= 4 is 46.7 Å². The van der Waals surface area contributed by atoms with Gasteiger partial charge in [-0.25, -0.2) is 0 Å². The summed E-state index contributed by atoms with van der Waals surface area (Å²) in [5.74, 6) is -0.961. The molecule has 0 spiro atoms. The van der Waals surface area contributed by atoms with Crippen LogP contribution in [0.2, 0.25) is 15.1 Å². The Morgan fingerprint density at radius 3 is 2.42 bits per heavy atom. The Kier molecular flexibility index (Phi) is 6.91. The Morgan fingerprint density at radius 2 is 1.71 bits per heavy atom. The van der Waals surface area contributed by atoms with Crippen molar-refractivity contribution in [1.82, 2.24) is 5.32 Å². The van der Waals surface area contributed by atoms with Crippen LogP contribution in [0.3, 0.4) is 0 Å². The zero-order chi connectivity index (χ0) is 17.5. The molecule has 0 saturated carbocycles. The summed E-state index contributed by atoms with van der Waals surface area (Å²) in [6.07, 6.45) is -0.0339. The van der Waals surface area contributed by atoms with Gasteiger partial charge in [-0.05, 0) is 29.3 Å². The molecule has 0 heterocycles. The van der Waals surface area contributed by atoms with E-state index >= 15 is 0 Å². The number of hydrogen-bond donors (Lipinski definition) is 1. The minimum absolute atomic E-state index is 0.0339. The van der Waals surface area contributed by atoms with Crippen molar-refractivity contribution in [2.45, 2.75) is 13.0 Å². The fourth-order valence-corrected chi connectivity index (χ4v) is 2.58. The van der Waals surface area contributed by atoms with E-state index in [2.05, 4.69) is 5.32 Å². The van der Waals surface area contributed by atoms with E-state index in [4.69, 9.17) is 39.5 Å². The lowest BCUT2D eigenvalue weighted by molar-refractivity contribution is -0.147. The largest absolute Gasteiger partial charge is 0.455 e. The zero-order valence-electron chi connectivity index (χ0n) is 12.5. The number of hydrogen-bond acceptors (Lipinski definition) is 3. The molecular weight excluding hydrogens is 373 g/mol. The summed E-state index contributed by atoms with van der Waals surface area (Å²) >= 11 is 17.8. The molecule has 0 unspecified atom stereocenters. The molecule has 7 heteroatoms. The van der Waals surface area contributed by atoms with E-state index in [1.165, 1.54) is 0 Å². The zero-order valence-corrected chi connectivity index (χ0v) is 14.8. The number of esters is 1. The minimum Gasteiger partial charge on any atom is -0.455 e. The summed E-state index contributed by atoms with van der Waals surface area (Å²) < 4.78 is 4.94. The molecule has 2 aromatic carbocycles. The van der Waals surface area contributed by atoms with Crippen molar-refractivity contribution in [3.63, 3.8) is 0 Å². The first kappa shape index (κ1) is 18.6. The molecule has 2 aromatic rings. The van der Waals surface area contributed by atoms with Gasteiger partial charge in [0.25, 0.3) is 5.91 Å². The summed E-state index contributed by atoms with van der Waals surface area (Å²) in [6, 6.07) is 12.0. The number of amides is 1. The number of carbonyl (C=O) groups is 2. The molecule has 0 aliphatic rings. The maximum absolute atomic E-state index is 11.8. The van der Waals surface area contributed by atoms with E-state index in [1.54, 1.807) is 36.4 Å². The molecule has 0 fully saturated rings. The van der Waals surface area contributed by atoms with Gasteiger partial charge in [-0.15, -0.1) is 0 Å². The van der Waals surface area contributed by atoms with E-state index in [1.807, 2.05) is 6.07 Å². The average Bonchev–Trinajstić information content (AvgIpc) is 2.55. The van der Waals surface area contributed by atoms with E-state index in [-0.39, 0.29) is 19.6 Å². The smallest absolute Gasteiger partial charge is 0.310 e. The Bertz CT molecular complexity index is 750. The van der Waals surface area contributed by atoms with Crippen LogP contribution in [0.4, 0.5) is 0 Å². The monoisotopic (exact) mass is 385 g/mol. The molecule has 1 amide bonds. The molecule has 0 aliphatic heterocycles. The van der Waals surface area contributed by atoms with Crippen molar-refractivity contribution in [3.8, 4) is 0 Å². The molecule has 0 aromatic heterocycles. The van der Waals surface area contributed by atoms with Crippen molar-refractivity contribution in [2.24, 2.45) is 0 Å². The Balaban J connectivity index is 1.77. The molecule has 1 N–H and O–H groups in total. The number of benzene rings is 2. The highest BCUT2D eigenvalue weighted by Gasteiger charge is 2.11. The lowest BCUT2D eigenvalue weighted by Gasteiger charge is -2.08. The van der Waals surface area contributed by atoms with Gasteiger partial charge < -0.3 is 10.1 Å². The number of halogens is 3. The van der Waals surface area contributed by atoms with Crippen LogP contribution in [-0.2, 0) is 27.3 Å². The standard InChI is InChI=1S/C17H14Cl3NO3/c18-13-6-5-11(15(20)8-13)7-17(23)24-10-16(22)21-9-12-3-1-2-4-14(12)19/h1-6,8H,7,9-10H2,(H,21,22). The molecule has 0 aliphatic carbocycles. The summed E-state index contributed by atoms with van der Waals surface area (Å²) in [5.41, 5.74) is 1.37. The van der Waals surface area contributed by atoms with Gasteiger partial charge in [-0.3, -0.25) is 9.59 Å². The third kappa shape index (κ3) is 5.71. The van der Waals surface area contributed by atoms with E-state index < -0.39 is 11.9 Å². The Morgan fingerprint density at radius 1 is 0.958 bits per heavy atom. The second-order valence-corrected chi connectivity index (χ2v) is 6.19. The van der Waals surface area contributed by atoms with Gasteiger partial charge in [-0.1, -0.05) is 59.1 Å². The molecule has 0 radical (unpaired) electrons. The molecular formula is C17H14Cl3NO3. The first-order chi connectivity index (χ1) is 11.5. The predicted molar refractivity (Wildman–Crippen MR) is 94.4 cm³/mol. The van der Waals surface area contributed by atoms with Gasteiger partial charge in [0, 0.05) is 21.6 Å². The fourth-order valence-electron chi connectivity index (χ4n) is 1.90. The van der Waals surface area contributed by atoms with Crippen molar-refractivity contribution in [2.75, 3.05) is 6.61 Å². The van der Waals surface area contributed by atoms with Gasteiger partial charge in [-0.2, -0.15) is 0 Å². The lowest BCUT2D eigenvalue weighted by atomic mass is 10.1. The number of nitrogens with one attached hydrogen (secondary N) is 1. The predicted octanol–water partition coefficient (Wildman–Crippen LogP) is 4.05. The van der Waals surface area contributed by atoms with Gasteiger partial charge in [0.1, 0.15) is 0 Å². The molecule has 126 valence electrons. The number of rotatable bonds is 6. The van der Waals surface area contributed by atoms with Crippen LogP contribution in [0.25, 0.3) is 0 Å². The number of carbonyl (C=O) groups excluding carboxylic acids is 2. The summed E-state index contributed by atoms with van der Waals surface area (Å²) in [7, 11) is 0. The lowest BCUT2D eigenvalue weighted by Crippen LogP contribution is -2.28. The average molecular weight is 387 g/mol. The van der Waals surface area contributed by atoms with Crippen molar-refractivity contribution < 1.29 is 14.3 Å². The van der Waals surface area contributed by atoms with Gasteiger partial charge in [0.05, 0.1) is 6.42 Å². The van der Waals surface area contributed by atoms with Crippen molar-refractivity contribution in [1.29, 1.82) is 0 Å². The van der Waals surface area contributed by atoms with E-state index in [0.29, 0.717) is 20.6 Å². The first-order valence-corrected chi connectivity index (χ1v) is 8.19. The van der Waals surface area contributed by atoms with Crippen LogP contribution in [0.5, 0.6) is 0 Å². The van der Waals surface area contributed by atoms with E-state index in [0.717, 1.165) is 5.56 Å². The number of ether oxygens (including phenoxy) is 1. The second-order valence-electron chi connectivity index (χ2n) is 4.94. The van der Waals surface area contributed by atoms with Gasteiger partial charge >= 0.3 is 5.97 Å². The normalized spacial score (nSPS) is 10.3. The van der Waals surface area contributed by atoms with Crippen LogP contribution in [0.1, 0.15) is 11.1 Å². The van der Waals surface area contributed by atoms with Crippen molar-refractivity contribution in [3.05, 3.63) is 68.7 Å². The van der Waals surface area contributed by atoms with Crippen LogP contribution < -0.4 is 5.32 Å². The van der Waals surface area contributed by atoms with Gasteiger partial charge in [0.2, 0.25) is 0 Å². The molecule has 0 atom stereocenters. The van der Waals surface area contributed by atoms with Crippen LogP contribution in [-0.4, -0.2) is 18.5 Å². The molecule has 4 nitrogen and oxygen atoms in total. The first-order valence-electron chi connectivity index (χ1n) is 7.05. The maximum Gasteiger partial charge on any atom is 0.310 e. The topological polar surface area (TPSA) is 55.4 Å². The second kappa shape index (κ2) is 8.92. The highest BCUT2D eigenvalue weighted by Crippen LogP contribution is 2.21. The van der Waals surface area contributed by atoms with Crippen LogP contribution >= 0.6 is 34.8 Å². The Hall–Kier alpha value is -1.75. The quantitative estimate of drug-likeness (QED) is 0.762.